The Morgan fingerprint density at radius 2 is 1.82 bits per heavy atom. The van der Waals surface area contributed by atoms with Crippen molar-refractivity contribution in [3.05, 3.63) is 35.9 Å². The molecule has 0 aliphatic rings. The van der Waals surface area contributed by atoms with Crippen LogP contribution in [0.2, 0.25) is 0 Å². The molecule has 6 nitrogen and oxygen atoms in total. The van der Waals surface area contributed by atoms with Crippen molar-refractivity contribution >= 4 is 18.1 Å². The highest BCUT2D eigenvalue weighted by Gasteiger charge is 2.25. The van der Waals surface area contributed by atoms with Gasteiger partial charge in [0.15, 0.2) is 0 Å². The van der Waals surface area contributed by atoms with Gasteiger partial charge in [-0.3, -0.25) is 9.59 Å². The van der Waals surface area contributed by atoms with Gasteiger partial charge in [-0.05, 0) is 17.9 Å². The van der Waals surface area contributed by atoms with Crippen LogP contribution >= 0.6 is 0 Å². The quantitative estimate of drug-likeness (QED) is 0.591. The van der Waals surface area contributed by atoms with E-state index in [9.17, 15) is 14.4 Å². The molecule has 1 rings (SSSR count). The second-order valence-electron chi connectivity index (χ2n) is 5.39. The van der Waals surface area contributed by atoms with Crippen LogP contribution in [0.3, 0.4) is 0 Å². The summed E-state index contributed by atoms with van der Waals surface area (Å²) >= 11 is 0. The number of hydrogen-bond donors (Lipinski definition) is 3. The van der Waals surface area contributed by atoms with Crippen LogP contribution in [-0.2, 0) is 20.8 Å². The van der Waals surface area contributed by atoms with Gasteiger partial charge in [0.25, 0.3) is 0 Å². The fraction of sp³-hybridized carbons (Fsp3) is 0.438. The number of carbonyl (C=O) groups is 3. The van der Waals surface area contributed by atoms with E-state index in [-0.39, 0.29) is 5.92 Å². The van der Waals surface area contributed by atoms with E-state index >= 15 is 0 Å². The third-order valence-corrected chi connectivity index (χ3v) is 3.20. The van der Waals surface area contributed by atoms with Crippen molar-refractivity contribution in [1.82, 2.24) is 10.6 Å². The summed E-state index contributed by atoms with van der Waals surface area (Å²) in [6, 6.07) is 7.87. The van der Waals surface area contributed by atoms with Gasteiger partial charge in [0, 0.05) is 0 Å². The first-order valence-corrected chi connectivity index (χ1v) is 7.17. The minimum atomic E-state index is -0.794. The molecule has 0 saturated carbocycles. The number of nitrogens with one attached hydrogen (secondary N) is 2. The summed E-state index contributed by atoms with van der Waals surface area (Å²) in [7, 11) is 0. The molecule has 0 radical (unpaired) electrons. The average Bonchev–Trinajstić information content (AvgIpc) is 2.52. The van der Waals surface area contributed by atoms with E-state index in [0.717, 1.165) is 5.56 Å². The molecule has 6 heteroatoms. The van der Waals surface area contributed by atoms with E-state index < -0.39 is 30.5 Å². The lowest BCUT2D eigenvalue weighted by atomic mass is 10.0. The van der Waals surface area contributed by atoms with Crippen molar-refractivity contribution in [3.63, 3.8) is 0 Å². The molecule has 0 bridgehead atoms. The Hall–Kier alpha value is -2.21. The van der Waals surface area contributed by atoms with Crippen LogP contribution in [0.15, 0.2) is 30.3 Å². The number of carbonyl (C=O) groups excluding carboxylic acids is 3. The summed E-state index contributed by atoms with van der Waals surface area (Å²) in [6.45, 7) is 2.86. The second kappa shape index (κ2) is 8.94. The monoisotopic (exact) mass is 306 g/mol. The Morgan fingerprint density at radius 1 is 1.18 bits per heavy atom. The van der Waals surface area contributed by atoms with Gasteiger partial charge in [0.1, 0.15) is 18.9 Å². The van der Waals surface area contributed by atoms with Gasteiger partial charge in [0.05, 0.1) is 6.04 Å². The molecule has 3 N–H and O–H groups in total. The normalized spacial score (nSPS) is 13.3. The fourth-order valence-corrected chi connectivity index (χ4v) is 2.03. The van der Waals surface area contributed by atoms with Crippen molar-refractivity contribution in [2.45, 2.75) is 32.4 Å². The molecule has 0 heterocycles. The zero-order chi connectivity index (χ0) is 16.5. The smallest absolute Gasteiger partial charge is 0.246 e. The topological polar surface area (TPSA) is 95.5 Å². The third-order valence-electron chi connectivity index (χ3n) is 3.20. The van der Waals surface area contributed by atoms with Crippen molar-refractivity contribution in [3.8, 4) is 0 Å². The SMILES string of the molecule is CC(C)[C@H](NC(=O)CO)C(=O)NC(C=O)Cc1ccccc1. The predicted octanol–water partition coefficient (Wildman–Crippen LogP) is 0.0459. The highest BCUT2D eigenvalue weighted by molar-refractivity contribution is 5.89. The van der Waals surface area contributed by atoms with Crippen LogP contribution in [0, 0.1) is 5.92 Å². The average molecular weight is 306 g/mol. The molecule has 0 aliphatic heterocycles. The fourth-order valence-electron chi connectivity index (χ4n) is 2.03. The van der Waals surface area contributed by atoms with E-state index in [1.165, 1.54) is 0 Å². The van der Waals surface area contributed by atoms with Crippen molar-refractivity contribution in [2.75, 3.05) is 6.61 Å². The third kappa shape index (κ3) is 5.65. The molecular weight excluding hydrogens is 284 g/mol. The molecule has 0 aliphatic carbocycles. The van der Waals surface area contributed by atoms with Gasteiger partial charge < -0.3 is 20.5 Å². The van der Waals surface area contributed by atoms with Crippen molar-refractivity contribution in [1.29, 1.82) is 0 Å². The lowest BCUT2D eigenvalue weighted by Gasteiger charge is -2.23. The van der Waals surface area contributed by atoms with Gasteiger partial charge in [-0.25, -0.2) is 0 Å². The number of hydrogen-bond acceptors (Lipinski definition) is 4. The molecule has 120 valence electrons. The Bertz CT molecular complexity index is 502. The summed E-state index contributed by atoms with van der Waals surface area (Å²) in [5.41, 5.74) is 0.931. The summed E-state index contributed by atoms with van der Waals surface area (Å²) in [6.07, 6.45) is 1.06. The van der Waals surface area contributed by atoms with E-state index in [1.807, 2.05) is 30.3 Å². The molecule has 22 heavy (non-hydrogen) atoms. The van der Waals surface area contributed by atoms with Crippen LogP contribution in [0.25, 0.3) is 0 Å². The summed E-state index contributed by atoms with van der Waals surface area (Å²) < 4.78 is 0. The van der Waals surface area contributed by atoms with Crippen molar-refractivity contribution < 1.29 is 19.5 Å². The minimum absolute atomic E-state index is 0.167. The lowest BCUT2D eigenvalue weighted by Crippen LogP contribution is -2.53. The maximum atomic E-state index is 12.2. The van der Waals surface area contributed by atoms with Gasteiger partial charge in [-0.2, -0.15) is 0 Å². The highest BCUT2D eigenvalue weighted by atomic mass is 16.3. The number of aliphatic hydroxyl groups is 1. The standard InChI is InChI=1S/C16H22N2O4/c1-11(2)15(18-14(21)10-20)16(22)17-13(9-19)8-12-6-4-3-5-7-12/h3-7,9,11,13,15,20H,8,10H2,1-2H3,(H,17,22)(H,18,21)/t13?,15-/m0/s1. The molecule has 0 saturated heterocycles. The number of amides is 2. The molecule has 2 amide bonds. The molecule has 0 spiro atoms. The van der Waals surface area contributed by atoms with Crippen LogP contribution in [0.1, 0.15) is 19.4 Å². The minimum Gasteiger partial charge on any atom is -0.387 e. The molecule has 0 aromatic heterocycles. The molecule has 1 aromatic rings. The zero-order valence-corrected chi connectivity index (χ0v) is 12.8. The first-order chi connectivity index (χ1) is 10.5. The maximum absolute atomic E-state index is 12.2. The first-order valence-electron chi connectivity index (χ1n) is 7.17. The highest BCUT2D eigenvalue weighted by Crippen LogP contribution is 2.05. The Labute approximate surface area is 129 Å². The van der Waals surface area contributed by atoms with Crippen molar-refractivity contribution in [2.24, 2.45) is 5.92 Å². The van der Waals surface area contributed by atoms with E-state index in [0.29, 0.717) is 12.7 Å². The number of aldehydes is 1. The maximum Gasteiger partial charge on any atom is 0.246 e. The molecule has 0 fully saturated rings. The van der Waals surface area contributed by atoms with E-state index in [2.05, 4.69) is 10.6 Å². The Morgan fingerprint density at radius 3 is 2.32 bits per heavy atom. The first kappa shape index (κ1) is 17.8. The molecule has 1 unspecified atom stereocenters. The lowest BCUT2D eigenvalue weighted by molar-refractivity contribution is -0.132. The van der Waals surface area contributed by atoms with E-state index in [4.69, 9.17) is 5.11 Å². The van der Waals surface area contributed by atoms with Crippen LogP contribution in [0.5, 0.6) is 0 Å². The molecule has 1 aromatic carbocycles. The largest absolute Gasteiger partial charge is 0.387 e. The molecular formula is C16H22N2O4. The predicted molar refractivity (Wildman–Crippen MR) is 82.0 cm³/mol. The van der Waals surface area contributed by atoms with Crippen LogP contribution in [0.4, 0.5) is 0 Å². The summed E-state index contributed by atoms with van der Waals surface area (Å²) in [5.74, 6) is -1.23. The van der Waals surface area contributed by atoms with E-state index in [1.54, 1.807) is 13.8 Å². The molecule has 2 atom stereocenters. The number of benzene rings is 1. The van der Waals surface area contributed by atoms with Gasteiger partial charge in [-0.1, -0.05) is 44.2 Å². The second-order valence-corrected chi connectivity index (χ2v) is 5.39. The van der Waals surface area contributed by atoms with Crippen LogP contribution < -0.4 is 10.6 Å². The van der Waals surface area contributed by atoms with Gasteiger partial charge in [-0.15, -0.1) is 0 Å². The van der Waals surface area contributed by atoms with Crippen LogP contribution in [-0.4, -0.2) is 41.9 Å². The number of aliphatic hydroxyl groups excluding tert-OH is 1. The Kier molecular flexibility index (Phi) is 7.25. The van der Waals surface area contributed by atoms with Gasteiger partial charge in [0.2, 0.25) is 11.8 Å². The number of rotatable bonds is 8. The summed E-state index contributed by atoms with van der Waals surface area (Å²) in [5, 5.41) is 13.8. The zero-order valence-electron chi connectivity index (χ0n) is 12.8. The van der Waals surface area contributed by atoms with Gasteiger partial charge >= 0.3 is 0 Å². The summed E-state index contributed by atoms with van der Waals surface area (Å²) in [4.78, 5) is 34.7. The Balaban J connectivity index is 2.69.